The third kappa shape index (κ3) is 4.92. The molecule has 0 unspecified atom stereocenters. The lowest BCUT2D eigenvalue weighted by molar-refractivity contribution is -0.122. The molecule has 0 bridgehead atoms. The van der Waals surface area contributed by atoms with Crippen LogP contribution in [-0.4, -0.2) is 34.6 Å². The number of ether oxygens (including phenoxy) is 1. The van der Waals surface area contributed by atoms with Crippen molar-refractivity contribution < 1.29 is 19.1 Å². The number of aryl methyl sites for hydroxylation is 1. The first-order valence-electron chi connectivity index (χ1n) is 12.8. The number of anilines is 2. The van der Waals surface area contributed by atoms with Crippen molar-refractivity contribution in [3.8, 4) is 5.75 Å². The Labute approximate surface area is 252 Å². The summed E-state index contributed by atoms with van der Waals surface area (Å²) in [5.74, 6) is -1.62. The van der Waals surface area contributed by atoms with Crippen LogP contribution in [0.2, 0.25) is 0 Å². The smallest absolute Gasteiger partial charge is 0.308 e. The van der Waals surface area contributed by atoms with E-state index in [9.17, 15) is 19.2 Å². The minimum Gasteiger partial charge on any atom is -0.497 e. The van der Waals surface area contributed by atoms with Crippen molar-refractivity contribution in [1.82, 2.24) is 4.57 Å². The molecule has 1 fully saturated rings. The highest BCUT2D eigenvalue weighted by Crippen LogP contribution is 2.54. The SMILES string of the molecule is COc1ccc([C@@H]2c3sc(=O)n(CC(=O)Nc4ccccc4C)c3S[C@H]3C(=O)N(c4ccc(Br)cc4)C(=O)[C@@H]23)cc1. The number of halogens is 1. The van der Waals surface area contributed by atoms with Crippen molar-refractivity contribution in [2.24, 2.45) is 5.92 Å². The molecule has 0 spiro atoms. The van der Waals surface area contributed by atoms with Gasteiger partial charge >= 0.3 is 4.87 Å². The average Bonchev–Trinajstić information content (AvgIpc) is 3.41. The molecule has 3 atom stereocenters. The van der Waals surface area contributed by atoms with Gasteiger partial charge in [-0.3, -0.25) is 23.7 Å². The van der Waals surface area contributed by atoms with Gasteiger partial charge in [0.1, 0.15) is 17.5 Å². The molecule has 3 amide bonds. The number of rotatable bonds is 6. The van der Waals surface area contributed by atoms with Gasteiger partial charge in [0.05, 0.1) is 23.7 Å². The predicted octanol–water partition coefficient (Wildman–Crippen LogP) is 5.42. The van der Waals surface area contributed by atoms with E-state index < -0.39 is 17.1 Å². The van der Waals surface area contributed by atoms with Crippen LogP contribution in [0.3, 0.4) is 0 Å². The largest absolute Gasteiger partial charge is 0.497 e. The molecule has 208 valence electrons. The standard InChI is InChI=1S/C30H24BrN3O5S2/c1-16-5-3-4-6-21(16)32-22(35)15-33-29-26(41-30(33)38)23(17-7-13-20(39-2)14-8-17)24-25(40-29)28(37)34(27(24)36)19-11-9-18(31)10-12-19/h3-14,23-25H,15H2,1-2H3,(H,32,35)/t23-,24-,25+/m0/s1. The highest BCUT2D eigenvalue weighted by atomic mass is 79.9. The highest BCUT2D eigenvalue weighted by Gasteiger charge is 2.56. The van der Waals surface area contributed by atoms with E-state index in [1.54, 1.807) is 49.6 Å². The number of hydrogen-bond donors (Lipinski definition) is 1. The zero-order chi connectivity index (χ0) is 28.8. The maximum Gasteiger partial charge on any atom is 0.308 e. The summed E-state index contributed by atoms with van der Waals surface area (Å²) < 4.78 is 7.58. The Hall–Kier alpha value is -3.67. The van der Waals surface area contributed by atoms with Crippen LogP contribution in [0.5, 0.6) is 5.75 Å². The summed E-state index contributed by atoms with van der Waals surface area (Å²) >= 11 is 5.62. The first-order valence-corrected chi connectivity index (χ1v) is 15.3. The summed E-state index contributed by atoms with van der Waals surface area (Å²) in [5, 5.41) is 2.67. The summed E-state index contributed by atoms with van der Waals surface area (Å²) in [6, 6.07) is 21.8. The fraction of sp³-hybridized carbons (Fsp3) is 0.200. The Morgan fingerprint density at radius 3 is 2.37 bits per heavy atom. The molecule has 0 saturated carbocycles. The molecule has 0 radical (unpaired) electrons. The molecule has 4 aromatic rings. The number of hydrogen-bond acceptors (Lipinski definition) is 7. The van der Waals surface area contributed by atoms with Gasteiger partial charge in [-0.1, -0.05) is 69.4 Å². The molecule has 41 heavy (non-hydrogen) atoms. The summed E-state index contributed by atoms with van der Waals surface area (Å²) in [5.41, 5.74) is 2.85. The van der Waals surface area contributed by atoms with Crippen molar-refractivity contribution >= 4 is 68.1 Å². The molecular weight excluding hydrogens is 626 g/mol. The Bertz CT molecular complexity index is 1730. The Kier molecular flexibility index (Phi) is 7.35. The van der Waals surface area contributed by atoms with Gasteiger partial charge < -0.3 is 10.1 Å². The second-order valence-electron chi connectivity index (χ2n) is 9.79. The zero-order valence-corrected chi connectivity index (χ0v) is 25.2. The van der Waals surface area contributed by atoms with Crippen LogP contribution in [0.1, 0.15) is 21.9 Å². The van der Waals surface area contributed by atoms with Crippen molar-refractivity contribution in [2.75, 3.05) is 17.3 Å². The molecule has 1 saturated heterocycles. The van der Waals surface area contributed by atoms with Crippen molar-refractivity contribution in [3.63, 3.8) is 0 Å². The second-order valence-corrected chi connectivity index (χ2v) is 12.8. The molecule has 2 aliphatic heterocycles. The van der Waals surface area contributed by atoms with Gasteiger partial charge in [0.2, 0.25) is 17.7 Å². The third-order valence-corrected chi connectivity index (χ3v) is 10.5. The number of aromatic nitrogens is 1. The maximum atomic E-state index is 14.0. The van der Waals surface area contributed by atoms with Crippen molar-refractivity contribution in [3.05, 3.63) is 103 Å². The number of imide groups is 1. The van der Waals surface area contributed by atoms with E-state index in [4.69, 9.17) is 4.74 Å². The van der Waals surface area contributed by atoms with E-state index in [0.29, 0.717) is 27.0 Å². The van der Waals surface area contributed by atoms with Crippen molar-refractivity contribution in [2.45, 2.75) is 29.7 Å². The topological polar surface area (TPSA) is 97.7 Å². The van der Waals surface area contributed by atoms with Crippen LogP contribution >= 0.6 is 39.0 Å². The number of amides is 3. The highest BCUT2D eigenvalue weighted by molar-refractivity contribution is 9.10. The Balaban J connectivity index is 1.41. The van der Waals surface area contributed by atoms with Crippen molar-refractivity contribution in [1.29, 1.82) is 0 Å². The molecule has 2 aliphatic rings. The van der Waals surface area contributed by atoms with E-state index in [1.807, 2.05) is 37.3 Å². The number of benzene rings is 3. The molecular formula is C30H24BrN3O5S2. The number of carbonyl (C=O) groups is 3. The molecule has 3 heterocycles. The number of nitrogens with zero attached hydrogens (tertiary/aromatic N) is 2. The number of thioether (sulfide) groups is 1. The summed E-state index contributed by atoms with van der Waals surface area (Å²) in [7, 11) is 1.57. The summed E-state index contributed by atoms with van der Waals surface area (Å²) in [4.78, 5) is 55.8. The van der Waals surface area contributed by atoms with Gasteiger partial charge in [-0.25, -0.2) is 4.90 Å². The lowest BCUT2D eigenvalue weighted by Crippen LogP contribution is -2.33. The fourth-order valence-electron chi connectivity index (χ4n) is 5.32. The molecule has 0 aliphatic carbocycles. The zero-order valence-electron chi connectivity index (χ0n) is 22.0. The minimum absolute atomic E-state index is 0.211. The van der Waals surface area contributed by atoms with Gasteiger partial charge in [-0.15, -0.1) is 0 Å². The van der Waals surface area contributed by atoms with Crippen LogP contribution in [0.15, 0.2) is 87.1 Å². The van der Waals surface area contributed by atoms with Crippen LogP contribution in [0, 0.1) is 12.8 Å². The molecule has 1 aromatic heterocycles. The maximum absolute atomic E-state index is 14.0. The second kappa shape index (κ2) is 11.0. The molecule has 8 nitrogen and oxygen atoms in total. The monoisotopic (exact) mass is 649 g/mol. The Morgan fingerprint density at radius 2 is 1.68 bits per heavy atom. The number of fused-ring (bicyclic) bond motifs is 2. The van der Waals surface area contributed by atoms with Crippen LogP contribution in [0.4, 0.5) is 11.4 Å². The lowest BCUT2D eigenvalue weighted by atomic mass is 9.83. The Morgan fingerprint density at radius 1 is 0.976 bits per heavy atom. The lowest BCUT2D eigenvalue weighted by Gasteiger charge is -2.30. The minimum atomic E-state index is -0.759. The van der Waals surface area contributed by atoms with Gasteiger partial charge in [-0.2, -0.15) is 0 Å². The van der Waals surface area contributed by atoms with E-state index in [1.165, 1.54) is 21.2 Å². The molecule has 11 heteroatoms. The van der Waals surface area contributed by atoms with E-state index in [2.05, 4.69) is 21.2 Å². The van der Waals surface area contributed by atoms with E-state index in [0.717, 1.165) is 26.9 Å². The number of para-hydroxylation sites is 1. The number of nitrogens with one attached hydrogen (secondary N) is 1. The fourth-order valence-corrected chi connectivity index (χ4v) is 8.35. The third-order valence-electron chi connectivity index (χ3n) is 7.33. The quantitative estimate of drug-likeness (QED) is 0.280. The van der Waals surface area contributed by atoms with E-state index >= 15 is 0 Å². The average molecular weight is 651 g/mol. The first-order chi connectivity index (χ1) is 19.8. The van der Waals surface area contributed by atoms with Gasteiger partial charge in [0.15, 0.2) is 0 Å². The predicted molar refractivity (Wildman–Crippen MR) is 163 cm³/mol. The van der Waals surface area contributed by atoms with Gasteiger partial charge in [-0.05, 0) is 60.5 Å². The van der Waals surface area contributed by atoms with Crippen LogP contribution in [-0.2, 0) is 20.9 Å². The first kappa shape index (κ1) is 27.5. The summed E-state index contributed by atoms with van der Waals surface area (Å²) in [6.07, 6.45) is 0. The molecule has 6 rings (SSSR count). The summed E-state index contributed by atoms with van der Waals surface area (Å²) in [6.45, 7) is 1.68. The van der Waals surface area contributed by atoms with Crippen LogP contribution < -0.4 is 19.8 Å². The number of carbonyl (C=O) groups excluding carboxylic acids is 3. The normalized spacial score (nSPS) is 19.6. The molecule has 1 N–H and O–H groups in total. The van der Waals surface area contributed by atoms with E-state index in [-0.39, 0.29) is 29.1 Å². The molecule has 3 aromatic carbocycles. The van der Waals surface area contributed by atoms with Gasteiger partial charge in [0.25, 0.3) is 0 Å². The number of thiazole rings is 1. The van der Waals surface area contributed by atoms with Gasteiger partial charge in [0, 0.05) is 21.0 Å². The number of methoxy groups -OCH3 is 1. The van der Waals surface area contributed by atoms with Crippen LogP contribution in [0.25, 0.3) is 0 Å².